The molecule has 1 aliphatic carbocycles. The summed E-state index contributed by atoms with van der Waals surface area (Å²) in [5.41, 5.74) is 5.73. The lowest BCUT2D eigenvalue weighted by Gasteiger charge is -2.30. The van der Waals surface area contributed by atoms with Crippen LogP contribution in [0.1, 0.15) is 58.8 Å². The molecule has 4 nitrogen and oxygen atoms in total. The maximum atomic E-state index is 11.9. The zero-order valence-electron chi connectivity index (χ0n) is 11.8. The van der Waals surface area contributed by atoms with E-state index in [0.717, 1.165) is 38.5 Å². The number of aliphatic hydroxyl groups is 1. The molecule has 18 heavy (non-hydrogen) atoms. The smallest absolute Gasteiger partial charge is 0.221 e. The van der Waals surface area contributed by atoms with Crippen LogP contribution < -0.4 is 11.1 Å². The second kappa shape index (κ2) is 6.53. The summed E-state index contributed by atoms with van der Waals surface area (Å²) < 4.78 is 0. The molecule has 0 bridgehead atoms. The first-order chi connectivity index (χ1) is 8.49. The van der Waals surface area contributed by atoms with Gasteiger partial charge in [-0.15, -0.1) is 0 Å². The molecule has 0 unspecified atom stereocenters. The Balaban J connectivity index is 2.40. The monoisotopic (exact) mass is 256 g/mol. The van der Waals surface area contributed by atoms with Gasteiger partial charge in [-0.1, -0.05) is 26.7 Å². The first-order valence-corrected chi connectivity index (χ1v) is 7.16. The number of carbonyl (C=O) groups excluding carboxylic acids is 1. The third-order valence-corrected chi connectivity index (χ3v) is 4.61. The van der Waals surface area contributed by atoms with E-state index in [4.69, 9.17) is 5.73 Å². The molecule has 0 heterocycles. The van der Waals surface area contributed by atoms with Gasteiger partial charge in [-0.25, -0.2) is 0 Å². The van der Waals surface area contributed by atoms with Crippen LogP contribution >= 0.6 is 0 Å². The minimum atomic E-state index is -0.287. The molecule has 0 aliphatic heterocycles. The van der Waals surface area contributed by atoms with Crippen molar-refractivity contribution in [1.82, 2.24) is 5.32 Å². The van der Waals surface area contributed by atoms with E-state index in [2.05, 4.69) is 5.32 Å². The lowest BCUT2D eigenvalue weighted by Crippen LogP contribution is -2.45. The minimum Gasteiger partial charge on any atom is -0.396 e. The molecule has 0 radical (unpaired) electrons. The van der Waals surface area contributed by atoms with E-state index in [9.17, 15) is 9.90 Å². The topological polar surface area (TPSA) is 75.3 Å². The Morgan fingerprint density at radius 1 is 1.33 bits per heavy atom. The second-order valence-corrected chi connectivity index (χ2v) is 5.89. The summed E-state index contributed by atoms with van der Waals surface area (Å²) in [6, 6.07) is 0. The average molecular weight is 256 g/mol. The third kappa shape index (κ3) is 3.95. The van der Waals surface area contributed by atoms with E-state index in [1.807, 2.05) is 13.8 Å². The number of nitrogens with two attached hydrogens (primary N) is 1. The summed E-state index contributed by atoms with van der Waals surface area (Å²) in [5, 5.41) is 12.4. The minimum absolute atomic E-state index is 0.0270. The van der Waals surface area contributed by atoms with Crippen molar-refractivity contribution >= 4 is 5.91 Å². The molecule has 1 fully saturated rings. The summed E-state index contributed by atoms with van der Waals surface area (Å²) in [7, 11) is 0. The van der Waals surface area contributed by atoms with E-state index < -0.39 is 0 Å². The van der Waals surface area contributed by atoms with Gasteiger partial charge in [0.1, 0.15) is 0 Å². The normalized spacial score (nSPS) is 18.9. The van der Waals surface area contributed by atoms with Crippen LogP contribution in [0.15, 0.2) is 0 Å². The van der Waals surface area contributed by atoms with Crippen LogP contribution in [0.25, 0.3) is 0 Å². The Morgan fingerprint density at radius 3 is 2.33 bits per heavy atom. The molecule has 1 saturated carbocycles. The summed E-state index contributed by atoms with van der Waals surface area (Å²) in [6.07, 6.45) is 6.33. The van der Waals surface area contributed by atoms with Crippen molar-refractivity contribution in [3.05, 3.63) is 0 Å². The van der Waals surface area contributed by atoms with Crippen molar-refractivity contribution in [3.63, 3.8) is 0 Å². The molecule has 0 aromatic carbocycles. The number of hydrogen-bond donors (Lipinski definition) is 3. The highest BCUT2D eigenvalue weighted by molar-refractivity contribution is 5.77. The molecule has 1 aliphatic rings. The molecule has 106 valence electrons. The van der Waals surface area contributed by atoms with Gasteiger partial charge in [0.15, 0.2) is 0 Å². The first kappa shape index (κ1) is 15.4. The van der Waals surface area contributed by atoms with Crippen molar-refractivity contribution in [2.75, 3.05) is 13.2 Å². The van der Waals surface area contributed by atoms with Gasteiger partial charge in [-0.3, -0.25) is 4.79 Å². The van der Waals surface area contributed by atoms with Crippen molar-refractivity contribution in [2.24, 2.45) is 11.1 Å². The van der Waals surface area contributed by atoms with Gasteiger partial charge in [0.2, 0.25) is 5.91 Å². The molecule has 0 aromatic heterocycles. The highest BCUT2D eigenvalue weighted by atomic mass is 16.3. The van der Waals surface area contributed by atoms with E-state index in [1.54, 1.807) is 0 Å². The summed E-state index contributed by atoms with van der Waals surface area (Å²) in [5.74, 6) is 0.0270. The first-order valence-electron chi connectivity index (χ1n) is 7.16. The fourth-order valence-corrected chi connectivity index (χ4v) is 2.70. The standard InChI is InChI=1S/C14H28N2O2/c1-3-13(4-2,11-17)10-16-12(18)9-14(15)7-5-6-8-14/h17H,3-11,15H2,1-2H3,(H,16,18). The van der Waals surface area contributed by atoms with Crippen LogP contribution in [0.5, 0.6) is 0 Å². The maximum Gasteiger partial charge on any atom is 0.221 e. The van der Waals surface area contributed by atoms with Crippen LogP contribution in [-0.4, -0.2) is 29.7 Å². The molecule has 4 N–H and O–H groups in total. The molecule has 0 spiro atoms. The fraction of sp³-hybridized carbons (Fsp3) is 0.929. The Hall–Kier alpha value is -0.610. The van der Waals surface area contributed by atoms with Gasteiger partial charge in [0.25, 0.3) is 0 Å². The quantitative estimate of drug-likeness (QED) is 0.647. The molecular weight excluding hydrogens is 228 g/mol. The SMILES string of the molecule is CCC(CC)(CO)CNC(=O)CC1(N)CCCC1. The number of amides is 1. The number of carbonyl (C=O) groups is 1. The van der Waals surface area contributed by atoms with Crippen LogP contribution in [-0.2, 0) is 4.79 Å². The van der Waals surface area contributed by atoms with Gasteiger partial charge >= 0.3 is 0 Å². The molecule has 0 aromatic rings. The van der Waals surface area contributed by atoms with Gasteiger partial charge in [0, 0.05) is 23.9 Å². The number of aliphatic hydroxyl groups excluding tert-OH is 1. The van der Waals surface area contributed by atoms with Crippen LogP contribution in [0, 0.1) is 5.41 Å². The number of rotatable bonds is 7. The van der Waals surface area contributed by atoms with Gasteiger partial charge < -0.3 is 16.2 Å². The fourth-order valence-electron chi connectivity index (χ4n) is 2.70. The van der Waals surface area contributed by atoms with Crippen molar-refractivity contribution in [2.45, 2.75) is 64.3 Å². The van der Waals surface area contributed by atoms with E-state index in [1.165, 1.54) is 0 Å². The Kier molecular flexibility index (Phi) is 5.60. The number of nitrogens with one attached hydrogen (secondary N) is 1. The largest absolute Gasteiger partial charge is 0.396 e. The lowest BCUT2D eigenvalue weighted by molar-refractivity contribution is -0.123. The molecular formula is C14H28N2O2. The summed E-state index contributed by atoms with van der Waals surface area (Å²) in [6.45, 7) is 4.76. The zero-order chi connectivity index (χ0) is 13.6. The third-order valence-electron chi connectivity index (χ3n) is 4.61. The van der Waals surface area contributed by atoms with Gasteiger partial charge in [-0.05, 0) is 25.7 Å². The Morgan fingerprint density at radius 2 is 1.89 bits per heavy atom. The molecule has 1 rings (SSSR count). The van der Waals surface area contributed by atoms with Crippen molar-refractivity contribution in [3.8, 4) is 0 Å². The predicted molar refractivity (Wildman–Crippen MR) is 73.1 cm³/mol. The average Bonchev–Trinajstić information content (AvgIpc) is 2.78. The zero-order valence-corrected chi connectivity index (χ0v) is 11.8. The van der Waals surface area contributed by atoms with E-state index in [0.29, 0.717) is 13.0 Å². The van der Waals surface area contributed by atoms with Gasteiger partial charge in [-0.2, -0.15) is 0 Å². The van der Waals surface area contributed by atoms with Crippen LogP contribution in [0.2, 0.25) is 0 Å². The number of hydrogen-bond acceptors (Lipinski definition) is 3. The highest BCUT2D eigenvalue weighted by Gasteiger charge is 2.32. The molecule has 0 saturated heterocycles. The maximum absolute atomic E-state index is 11.9. The molecule has 1 amide bonds. The summed E-state index contributed by atoms with van der Waals surface area (Å²) in [4.78, 5) is 11.9. The lowest BCUT2D eigenvalue weighted by atomic mass is 9.83. The van der Waals surface area contributed by atoms with Crippen molar-refractivity contribution in [1.29, 1.82) is 0 Å². The molecule has 0 atom stereocenters. The Labute approximate surface area is 110 Å². The predicted octanol–water partition coefficient (Wildman–Crippen LogP) is 1.56. The van der Waals surface area contributed by atoms with E-state index >= 15 is 0 Å². The van der Waals surface area contributed by atoms with Crippen LogP contribution in [0.4, 0.5) is 0 Å². The van der Waals surface area contributed by atoms with Crippen molar-refractivity contribution < 1.29 is 9.90 Å². The highest BCUT2D eigenvalue weighted by Crippen LogP contribution is 2.30. The van der Waals surface area contributed by atoms with E-state index in [-0.39, 0.29) is 23.5 Å². The van der Waals surface area contributed by atoms with Gasteiger partial charge in [0.05, 0.1) is 6.61 Å². The second-order valence-electron chi connectivity index (χ2n) is 5.89. The van der Waals surface area contributed by atoms with Crippen LogP contribution in [0.3, 0.4) is 0 Å². The molecule has 4 heteroatoms. The summed E-state index contributed by atoms with van der Waals surface area (Å²) >= 11 is 0. The Bertz CT molecular complexity index is 261.